The lowest BCUT2D eigenvalue weighted by molar-refractivity contribution is 0.281. The summed E-state index contributed by atoms with van der Waals surface area (Å²) in [5.74, 6) is 1.72. The summed E-state index contributed by atoms with van der Waals surface area (Å²) in [7, 11) is 3.81. The largest absolute Gasteiger partial charge is 0.492 e. The number of para-hydroxylation sites is 1. The molecule has 3 rings (SSSR count). The van der Waals surface area contributed by atoms with Gasteiger partial charge in [0.25, 0.3) is 0 Å². The lowest BCUT2D eigenvalue weighted by atomic mass is 10.1. The summed E-state index contributed by atoms with van der Waals surface area (Å²) < 4.78 is 7.69. The summed E-state index contributed by atoms with van der Waals surface area (Å²) >= 11 is 0. The van der Waals surface area contributed by atoms with Gasteiger partial charge in [-0.1, -0.05) is 42.5 Å². The van der Waals surface area contributed by atoms with Crippen LogP contribution >= 0.6 is 0 Å². The zero-order valence-corrected chi connectivity index (χ0v) is 16.5. The van der Waals surface area contributed by atoms with Crippen molar-refractivity contribution in [1.29, 1.82) is 0 Å². The van der Waals surface area contributed by atoms with E-state index in [1.54, 1.807) is 13.2 Å². The van der Waals surface area contributed by atoms with Crippen LogP contribution in [0.15, 0.2) is 78.0 Å². The van der Waals surface area contributed by atoms with Gasteiger partial charge in [-0.25, -0.2) is 0 Å². The second kappa shape index (κ2) is 10.2. The third-order valence-electron chi connectivity index (χ3n) is 4.36. The van der Waals surface area contributed by atoms with E-state index in [9.17, 15) is 0 Å². The van der Waals surface area contributed by atoms with Crippen LogP contribution in [0.3, 0.4) is 0 Å². The molecule has 28 heavy (non-hydrogen) atoms. The van der Waals surface area contributed by atoms with Gasteiger partial charge in [0.2, 0.25) is 0 Å². The predicted octanol–water partition coefficient (Wildman–Crippen LogP) is 3.02. The first-order chi connectivity index (χ1) is 13.7. The molecule has 0 unspecified atom stereocenters. The van der Waals surface area contributed by atoms with Crippen LogP contribution in [0.2, 0.25) is 0 Å². The summed E-state index contributed by atoms with van der Waals surface area (Å²) in [5, 5.41) is 7.68. The Balaban J connectivity index is 1.48. The van der Waals surface area contributed by atoms with Gasteiger partial charge >= 0.3 is 0 Å². The molecule has 0 atom stereocenters. The maximum absolute atomic E-state index is 5.77. The van der Waals surface area contributed by atoms with Crippen LogP contribution < -0.4 is 10.1 Å². The highest BCUT2D eigenvalue weighted by Crippen LogP contribution is 2.09. The number of benzene rings is 2. The van der Waals surface area contributed by atoms with Crippen molar-refractivity contribution in [3.63, 3.8) is 0 Å². The van der Waals surface area contributed by atoms with Crippen LogP contribution in [0.4, 0.5) is 0 Å². The first-order valence-corrected chi connectivity index (χ1v) is 9.39. The minimum absolute atomic E-state index is 0.598. The second-order valence-corrected chi connectivity index (χ2v) is 6.51. The zero-order chi connectivity index (χ0) is 19.6. The Labute approximate surface area is 166 Å². The third kappa shape index (κ3) is 5.87. The second-order valence-electron chi connectivity index (χ2n) is 6.51. The number of guanidine groups is 1. The Morgan fingerprint density at radius 1 is 1.11 bits per heavy atom. The van der Waals surface area contributed by atoms with Crippen molar-refractivity contribution in [3.8, 4) is 5.75 Å². The Kier molecular flexibility index (Phi) is 7.07. The first-order valence-electron chi connectivity index (χ1n) is 9.39. The van der Waals surface area contributed by atoms with Gasteiger partial charge in [-0.2, -0.15) is 5.10 Å². The minimum Gasteiger partial charge on any atom is -0.492 e. The molecule has 6 nitrogen and oxygen atoms in total. The van der Waals surface area contributed by atoms with Gasteiger partial charge in [0.1, 0.15) is 12.4 Å². The number of ether oxygens (including phenoxy) is 1. The molecule has 1 heterocycles. The van der Waals surface area contributed by atoms with Gasteiger partial charge < -0.3 is 15.0 Å². The number of nitrogens with zero attached hydrogens (tertiary/aromatic N) is 4. The molecule has 0 aliphatic carbocycles. The fourth-order valence-corrected chi connectivity index (χ4v) is 2.91. The lowest BCUT2D eigenvalue weighted by Gasteiger charge is -2.22. The molecule has 3 aromatic rings. The molecule has 0 spiro atoms. The topological polar surface area (TPSA) is 54.7 Å². The van der Waals surface area contributed by atoms with Crippen LogP contribution in [0.5, 0.6) is 5.75 Å². The maximum atomic E-state index is 5.77. The smallest absolute Gasteiger partial charge is 0.193 e. The van der Waals surface area contributed by atoms with Gasteiger partial charge in [-0.15, -0.1) is 0 Å². The van der Waals surface area contributed by atoms with E-state index in [0.717, 1.165) is 24.8 Å². The number of aliphatic imine (C=N–C) groups is 1. The zero-order valence-electron chi connectivity index (χ0n) is 16.5. The number of rotatable bonds is 8. The highest BCUT2D eigenvalue weighted by atomic mass is 16.5. The molecule has 0 aliphatic rings. The van der Waals surface area contributed by atoms with E-state index in [1.165, 1.54) is 11.1 Å². The molecule has 0 fully saturated rings. The summed E-state index contributed by atoms with van der Waals surface area (Å²) in [6.45, 7) is 2.82. The van der Waals surface area contributed by atoms with E-state index in [4.69, 9.17) is 4.74 Å². The molecular weight excluding hydrogens is 350 g/mol. The van der Waals surface area contributed by atoms with Gasteiger partial charge in [-0.05, 0) is 29.3 Å². The van der Waals surface area contributed by atoms with Crippen molar-refractivity contribution in [3.05, 3.63) is 84.2 Å². The van der Waals surface area contributed by atoms with Gasteiger partial charge in [0, 0.05) is 33.0 Å². The molecular formula is C22H27N5O. The number of hydrogen-bond acceptors (Lipinski definition) is 3. The van der Waals surface area contributed by atoms with Crippen molar-refractivity contribution >= 4 is 5.96 Å². The first kappa shape index (κ1) is 19.5. The van der Waals surface area contributed by atoms with Gasteiger partial charge in [-0.3, -0.25) is 9.67 Å². The number of aromatic nitrogens is 2. The molecule has 6 heteroatoms. The Morgan fingerprint density at radius 2 is 1.93 bits per heavy atom. The normalized spacial score (nSPS) is 11.3. The summed E-state index contributed by atoms with van der Waals surface area (Å²) in [5.41, 5.74) is 2.43. The van der Waals surface area contributed by atoms with E-state index in [1.807, 2.05) is 54.3 Å². The monoisotopic (exact) mass is 377 g/mol. The molecule has 0 aliphatic heterocycles. The molecule has 146 valence electrons. The maximum Gasteiger partial charge on any atom is 0.193 e. The molecule has 0 bridgehead atoms. The average molecular weight is 377 g/mol. The van der Waals surface area contributed by atoms with Crippen molar-refractivity contribution < 1.29 is 4.74 Å². The van der Waals surface area contributed by atoms with Crippen molar-refractivity contribution in [2.45, 2.75) is 13.1 Å². The molecule has 0 amide bonds. The Morgan fingerprint density at radius 3 is 2.68 bits per heavy atom. The molecule has 0 saturated carbocycles. The van der Waals surface area contributed by atoms with Gasteiger partial charge in [0.15, 0.2) is 5.96 Å². The van der Waals surface area contributed by atoms with E-state index in [2.05, 4.69) is 44.6 Å². The van der Waals surface area contributed by atoms with Crippen LogP contribution in [-0.2, 0) is 13.1 Å². The quantitative estimate of drug-likeness (QED) is 0.484. The molecule has 0 saturated heterocycles. The van der Waals surface area contributed by atoms with E-state index >= 15 is 0 Å². The number of nitrogens with one attached hydrogen (secondary N) is 1. The fraction of sp³-hybridized carbons (Fsp3) is 0.273. The molecule has 2 aromatic carbocycles. The van der Waals surface area contributed by atoms with E-state index in [0.29, 0.717) is 13.2 Å². The SMILES string of the molecule is CN=C(NCc1cccc(Cn2cccn2)c1)N(C)CCOc1ccccc1. The van der Waals surface area contributed by atoms with Crippen molar-refractivity contribution in [2.75, 3.05) is 27.2 Å². The molecule has 1 aromatic heterocycles. The lowest BCUT2D eigenvalue weighted by Crippen LogP contribution is -2.40. The summed E-state index contributed by atoms with van der Waals surface area (Å²) in [4.78, 5) is 6.44. The van der Waals surface area contributed by atoms with E-state index in [-0.39, 0.29) is 0 Å². The number of likely N-dealkylation sites (N-methyl/N-ethyl adjacent to an activating group) is 1. The number of hydrogen-bond donors (Lipinski definition) is 1. The highest BCUT2D eigenvalue weighted by Gasteiger charge is 2.06. The van der Waals surface area contributed by atoms with Crippen molar-refractivity contribution in [2.24, 2.45) is 4.99 Å². The summed E-state index contributed by atoms with van der Waals surface area (Å²) in [6.07, 6.45) is 3.77. The fourth-order valence-electron chi connectivity index (χ4n) is 2.91. The highest BCUT2D eigenvalue weighted by molar-refractivity contribution is 5.79. The van der Waals surface area contributed by atoms with Crippen LogP contribution in [0.1, 0.15) is 11.1 Å². The average Bonchev–Trinajstić information content (AvgIpc) is 3.22. The molecule has 1 N–H and O–H groups in total. The minimum atomic E-state index is 0.598. The standard InChI is InChI=1S/C22H27N5O/c1-23-22(26(2)14-15-28-21-10-4-3-5-11-21)24-17-19-8-6-9-20(16-19)18-27-13-7-12-25-27/h3-13,16H,14-15,17-18H2,1-2H3,(H,23,24). The van der Waals surface area contributed by atoms with Crippen LogP contribution in [-0.4, -0.2) is 47.9 Å². The Bertz CT molecular complexity index is 862. The van der Waals surface area contributed by atoms with Crippen molar-refractivity contribution in [1.82, 2.24) is 20.0 Å². The predicted molar refractivity (Wildman–Crippen MR) is 113 cm³/mol. The van der Waals surface area contributed by atoms with Crippen LogP contribution in [0.25, 0.3) is 0 Å². The molecule has 0 radical (unpaired) electrons. The Hall–Kier alpha value is -3.28. The third-order valence-corrected chi connectivity index (χ3v) is 4.36. The summed E-state index contributed by atoms with van der Waals surface area (Å²) in [6, 6.07) is 20.3. The van der Waals surface area contributed by atoms with Gasteiger partial charge in [0.05, 0.1) is 13.1 Å². The van der Waals surface area contributed by atoms with E-state index < -0.39 is 0 Å². The van der Waals surface area contributed by atoms with Crippen LogP contribution in [0, 0.1) is 0 Å².